The van der Waals surface area contributed by atoms with Gasteiger partial charge in [-0.1, -0.05) is 27.7 Å². The van der Waals surface area contributed by atoms with E-state index in [1.54, 1.807) is 0 Å². The van der Waals surface area contributed by atoms with E-state index in [4.69, 9.17) is 0 Å². The fourth-order valence-corrected chi connectivity index (χ4v) is 3.06. The average Bonchev–Trinajstić information content (AvgIpc) is 2.75. The smallest absolute Gasteiger partial charge is 0.0223 e. The minimum Gasteiger partial charge on any atom is -0.313 e. The molecule has 0 radical (unpaired) electrons. The highest BCUT2D eigenvalue weighted by Crippen LogP contribution is 2.17. The van der Waals surface area contributed by atoms with Crippen molar-refractivity contribution < 1.29 is 0 Å². The highest BCUT2D eigenvalue weighted by atomic mass is 15.2. The molecule has 108 valence electrons. The molecule has 1 aliphatic rings. The number of rotatable bonds is 8. The molecule has 1 N–H and O–H groups in total. The number of hydrogen-bond donors (Lipinski definition) is 1. The van der Waals surface area contributed by atoms with E-state index in [-0.39, 0.29) is 0 Å². The van der Waals surface area contributed by atoms with Gasteiger partial charge in [-0.15, -0.1) is 0 Å². The molecule has 1 aliphatic heterocycles. The summed E-state index contributed by atoms with van der Waals surface area (Å²) >= 11 is 0. The van der Waals surface area contributed by atoms with Crippen molar-refractivity contribution >= 4 is 0 Å². The summed E-state index contributed by atoms with van der Waals surface area (Å²) in [6.45, 7) is 15.1. The Labute approximate surface area is 114 Å². The topological polar surface area (TPSA) is 18.5 Å². The SMILES string of the molecule is CCNC(CN(C)CC1CCCN1CC)C(C)C. The van der Waals surface area contributed by atoms with Gasteiger partial charge in [-0.25, -0.2) is 0 Å². The van der Waals surface area contributed by atoms with Crippen molar-refractivity contribution in [3.8, 4) is 0 Å². The second-order valence-corrected chi connectivity index (χ2v) is 6.05. The first-order chi connectivity index (χ1) is 8.58. The van der Waals surface area contributed by atoms with Crippen LogP contribution >= 0.6 is 0 Å². The maximum atomic E-state index is 3.61. The zero-order valence-electron chi connectivity index (χ0n) is 13.1. The summed E-state index contributed by atoms with van der Waals surface area (Å²) in [5, 5.41) is 3.61. The van der Waals surface area contributed by atoms with Crippen molar-refractivity contribution in [2.45, 2.75) is 52.6 Å². The summed E-state index contributed by atoms with van der Waals surface area (Å²) in [5.41, 5.74) is 0. The summed E-state index contributed by atoms with van der Waals surface area (Å²) in [5.74, 6) is 0.707. The summed E-state index contributed by atoms with van der Waals surface area (Å²) in [4.78, 5) is 5.15. The lowest BCUT2D eigenvalue weighted by Gasteiger charge is -2.31. The molecule has 1 fully saturated rings. The van der Waals surface area contributed by atoms with Crippen LogP contribution in [0, 0.1) is 5.92 Å². The number of likely N-dealkylation sites (N-methyl/N-ethyl adjacent to an activating group) is 3. The van der Waals surface area contributed by atoms with E-state index < -0.39 is 0 Å². The largest absolute Gasteiger partial charge is 0.313 e. The molecule has 18 heavy (non-hydrogen) atoms. The summed E-state index contributed by atoms with van der Waals surface area (Å²) < 4.78 is 0. The van der Waals surface area contributed by atoms with Crippen LogP contribution in [0.2, 0.25) is 0 Å². The van der Waals surface area contributed by atoms with Gasteiger partial charge in [0, 0.05) is 25.2 Å². The van der Waals surface area contributed by atoms with Gasteiger partial charge in [-0.3, -0.25) is 4.90 Å². The Kier molecular flexibility index (Phi) is 7.20. The van der Waals surface area contributed by atoms with Crippen LogP contribution in [0.25, 0.3) is 0 Å². The summed E-state index contributed by atoms with van der Waals surface area (Å²) in [6, 6.07) is 1.41. The van der Waals surface area contributed by atoms with Crippen molar-refractivity contribution in [3.05, 3.63) is 0 Å². The third-order valence-electron chi connectivity index (χ3n) is 4.21. The lowest BCUT2D eigenvalue weighted by Crippen LogP contribution is -2.46. The van der Waals surface area contributed by atoms with E-state index in [1.165, 1.54) is 39.0 Å². The molecule has 1 heterocycles. The van der Waals surface area contributed by atoms with Crippen LogP contribution in [0.4, 0.5) is 0 Å². The maximum Gasteiger partial charge on any atom is 0.0223 e. The Morgan fingerprint density at radius 3 is 2.61 bits per heavy atom. The summed E-state index contributed by atoms with van der Waals surface area (Å²) in [7, 11) is 2.28. The second-order valence-electron chi connectivity index (χ2n) is 6.05. The molecule has 0 aliphatic carbocycles. The first kappa shape index (κ1) is 15.9. The summed E-state index contributed by atoms with van der Waals surface area (Å²) in [6.07, 6.45) is 2.76. The van der Waals surface area contributed by atoms with Gasteiger partial charge >= 0.3 is 0 Å². The van der Waals surface area contributed by atoms with Crippen LogP contribution in [0.3, 0.4) is 0 Å². The average molecular weight is 255 g/mol. The van der Waals surface area contributed by atoms with Gasteiger partial charge in [0.15, 0.2) is 0 Å². The number of likely N-dealkylation sites (tertiary alicyclic amines) is 1. The Hall–Kier alpha value is -0.120. The molecule has 0 aromatic rings. The van der Waals surface area contributed by atoms with E-state index in [0.29, 0.717) is 12.0 Å². The van der Waals surface area contributed by atoms with Crippen molar-refractivity contribution in [2.75, 3.05) is 39.8 Å². The highest BCUT2D eigenvalue weighted by Gasteiger charge is 2.25. The van der Waals surface area contributed by atoms with Gasteiger partial charge in [-0.2, -0.15) is 0 Å². The molecule has 2 unspecified atom stereocenters. The molecule has 0 aromatic carbocycles. The maximum absolute atomic E-state index is 3.61. The molecule has 0 aromatic heterocycles. The second kappa shape index (κ2) is 8.13. The van der Waals surface area contributed by atoms with Crippen LogP contribution in [0.1, 0.15) is 40.5 Å². The first-order valence-corrected chi connectivity index (χ1v) is 7.74. The minimum absolute atomic E-state index is 0.622. The van der Waals surface area contributed by atoms with Gasteiger partial charge in [0.25, 0.3) is 0 Å². The van der Waals surface area contributed by atoms with Crippen molar-refractivity contribution in [3.63, 3.8) is 0 Å². The number of nitrogens with zero attached hydrogens (tertiary/aromatic N) is 2. The molecule has 0 bridgehead atoms. The molecule has 0 spiro atoms. The van der Waals surface area contributed by atoms with E-state index in [0.717, 1.165) is 12.6 Å². The highest BCUT2D eigenvalue weighted by molar-refractivity contribution is 4.82. The molecule has 3 nitrogen and oxygen atoms in total. The molecule has 0 amide bonds. The van der Waals surface area contributed by atoms with E-state index in [2.05, 4.69) is 49.9 Å². The van der Waals surface area contributed by atoms with E-state index in [9.17, 15) is 0 Å². The monoisotopic (exact) mass is 255 g/mol. The minimum atomic E-state index is 0.622. The van der Waals surface area contributed by atoms with Crippen molar-refractivity contribution in [1.29, 1.82) is 0 Å². The van der Waals surface area contributed by atoms with Crippen LogP contribution in [-0.2, 0) is 0 Å². The first-order valence-electron chi connectivity index (χ1n) is 7.74. The zero-order valence-corrected chi connectivity index (χ0v) is 13.1. The van der Waals surface area contributed by atoms with Gasteiger partial charge in [0.2, 0.25) is 0 Å². The lowest BCUT2D eigenvalue weighted by molar-refractivity contribution is 0.179. The fourth-order valence-electron chi connectivity index (χ4n) is 3.06. The van der Waals surface area contributed by atoms with Gasteiger partial charge in [0.1, 0.15) is 0 Å². The number of hydrogen-bond acceptors (Lipinski definition) is 3. The molecule has 1 saturated heterocycles. The molecule has 2 atom stereocenters. The van der Waals surface area contributed by atoms with E-state index >= 15 is 0 Å². The van der Waals surface area contributed by atoms with Crippen molar-refractivity contribution in [1.82, 2.24) is 15.1 Å². The van der Waals surface area contributed by atoms with Gasteiger partial charge < -0.3 is 10.2 Å². The standard InChI is InChI=1S/C15H33N3/c1-6-16-15(13(3)4)12-17(5)11-14-9-8-10-18(14)7-2/h13-16H,6-12H2,1-5H3. The molecule has 0 saturated carbocycles. The van der Waals surface area contributed by atoms with Gasteiger partial charge in [-0.05, 0) is 45.4 Å². The van der Waals surface area contributed by atoms with Crippen LogP contribution in [-0.4, -0.2) is 61.7 Å². The molecular weight excluding hydrogens is 222 g/mol. The van der Waals surface area contributed by atoms with Gasteiger partial charge in [0.05, 0.1) is 0 Å². The third kappa shape index (κ3) is 4.87. The Balaban J connectivity index is 2.37. The Bertz CT molecular complexity index is 214. The Morgan fingerprint density at radius 2 is 2.06 bits per heavy atom. The number of nitrogens with one attached hydrogen (secondary N) is 1. The normalized spacial score (nSPS) is 23.2. The van der Waals surface area contributed by atoms with Crippen molar-refractivity contribution in [2.24, 2.45) is 5.92 Å². The molecular formula is C15H33N3. The predicted molar refractivity (Wildman–Crippen MR) is 80.1 cm³/mol. The predicted octanol–water partition coefficient (Wildman–Crippen LogP) is 2.04. The van der Waals surface area contributed by atoms with E-state index in [1.807, 2.05) is 0 Å². The lowest BCUT2D eigenvalue weighted by atomic mass is 10.0. The zero-order chi connectivity index (χ0) is 13.5. The Morgan fingerprint density at radius 1 is 1.33 bits per heavy atom. The van der Waals surface area contributed by atoms with Crippen LogP contribution < -0.4 is 5.32 Å². The molecule has 1 rings (SSSR count). The molecule has 3 heteroatoms. The van der Waals surface area contributed by atoms with Crippen LogP contribution in [0.15, 0.2) is 0 Å². The van der Waals surface area contributed by atoms with Crippen LogP contribution in [0.5, 0.6) is 0 Å². The fraction of sp³-hybridized carbons (Fsp3) is 1.00. The third-order valence-corrected chi connectivity index (χ3v) is 4.21. The quantitative estimate of drug-likeness (QED) is 0.716.